The summed E-state index contributed by atoms with van der Waals surface area (Å²) < 4.78 is 11.3. The van der Waals surface area contributed by atoms with Gasteiger partial charge >= 0.3 is 0 Å². The van der Waals surface area contributed by atoms with Crippen LogP contribution in [0.1, 0.15) is 41.9 Å². The van der Waals surface area contributed by atoms with Gasteiger partial charge in [-0.25, -0.2) is 0 Å². The van der Waals surface area contributed by atoms with Gasteiger partial charge in [-0.05, 0) is 49.8 Å². The van der Waals surface area contributed by atoms with Crippen LogP contribution in [0.5, 0.6) is 5.75 Å². The molecular weight excluding hydrogens is 386 g/mol. The molecule has 2 aromatic carbocycles. The Bertz CT molecular complexity index is 891. The molecule has 0 bridgehead atoms. The van der Waals surface area contributed by atoms with Crippen LogP contribution in [0.2, 0.25) is 5.02 Å². The van der Waals surface area contributed by atoms with E-state index < -0.39 is 0 Å². The lowest BCUT2D eigenvalue weighted by Gasteiger charge is -2.39. The Morgan fingerprint density at radius 3 is 2.72 bits per heavy atom. The van der Waals surface area contributed by atoms with Crippen LogP contribution in [-0.4, -0.2) is 32.8 Å². The van der Waals surface area contributed by atoms with Crippen molar-refractivity contribution in [2.45, 2.75) is 37.5 Å². The Kier molecular flexibility index (Phi) is 5.84. The van der Waals surface area contributed by atoms with Gasteiger partial charge in [-0.15, -0.1) is 0 Å². The fourth-order valence-electron chi connectivity index (χ4n) is 4.53. The lowest BCUT2D eigenvalue weighted by molar-refractivity contribution is -0.122. The van der Waals surface area contributed by atoms with Crippen LogP contribution in [-0.2, 0) is 14.9 Å². The zero-order valence-electron chi connectivity index (χ0n) is 17.0. The summed E-state index contributed by atoms with van der Waals surface area (Å²) in [5.74, 6) is 1.23. The summed E-state index contributed by atoms with van der Waals surface area (Å²) in [5.41, 5.74) is 3.27. The van der Waals surface area contributed by atoms with Crippen molar-refractivity contribution in [2.75, 3.05) is 26.9 Å². The molecular formula is C24H28ClNO3. The fourth-order valence-corrected chi connectivity index (χ4v) is 4.81. The SMILES string of the molecule is COc1ccc(C)cc1C1(CNC(=O)C2CC2c2ccccc2Cl)CCOCC1. The van der Waals surface area contributed by atoms with Crippen molar-refractivity contribution in [3.63, 3.8) is 0 Å². The zero-order chi connectivity index (χ0) is 20.4. The molecule has 29 heavy (non-hydrogen) atoms. The van der Waals surface area contributed by atoms with Crippen molar-refractivity contribution in [1.82, 2.24) is 5.32 Å². The second kappa shape index (κ2) is 8.37. The summed E-state index contributed by atoms with van der Waals surface area (Å²) >= 11 is 6.32. The second-order valence-electron chi connectivity index (χ2n) is 8.28. The molecule has 0 aromatic heterocycles. The standard InChI is InChI=1S/C24H28ClNO3/c1-16-7-8-22(28-2)20(13-16)24(9-11-29-12-10-24)15-26-23(27)19-14-18(19)17-5-3-4-6-21(17)25/h3-8,13,18-19H,9-12,14-15H2,1-2H3,(H,26,27). The lowest BCUT2D eigenvalue weighted by atomic mass is 9.73. The van der Waals surface area contributed by atoms with E-state index in [-0.39, 0.29) is 23.2 Å². The van der Waals surface area contributed by atoms with E-state index in [0.717, 1.165) is 35.6 Å². The summed E-state index contributed by atoms with van der Waals surface area (Å²) in [6.07, 6.45) is 2.59. The molecule has 4 rings (SSSR count). The Balaban J connectivity index is 1.50. The predicted octanol–water partition coefficient (Wildman–Crippen LogP) is 4.63. The third-order valence-electron chi connectivity index (χ3n) is 6.41. The first-order chi connectivity index (χ1) is 14.0. The summed E-state index contributed by atoms with van der Waals surface area (Å²) in [7, 11) is 1.71. The average Bonchev–Trinajstić information content (AvgIpc) is 3.54. The third-order valence-corrected chi connectivity index (χ3v) is 6.75. The highest BCUT2D eigenvalue weighted by atomic mass is 35.5. The number of ether oxygens (including phenoxy) is 2. The molecule has 1 N–H and O–H groups in total. The summed E-state index contributed by atoms with van der Waals surface area (Å²) in [5, 5.41) is 4.00. The van der Waals surface area contributed by atoms with Gasteiger partial charge in [0.2, 0.25) is 5.91 Å². The predicted molar refractivity (Wildman–Crippen MR) is 115 cm³/mol. The number of nitrogens with one attached hydrogen (secondary N) is 1. The van der Waals surface area contributed by atoms with Gasteiger partial charge in [0.1, 0.15) is 5.75 Å². The Labute approximate surface area is 177 Å². The van der Waals surface area contributed by atoms with E-state index in [0.29, 0.717) is 19.8 Å². The molecule has 2 unspecified atom stereocenters. The molecule has 1 amide bonds. The van der Waals surface area contributed by atoms with E-state index in [1.54, 1.807) is 7.11 Å². The highest BCUT2D eigenvalue weighted by molar-refractivity contribution is 6.31. The van der Waals surface area contributed by atoms with Gasteiger partial charge in [-0.2, -0.15) is 0 Å². The molecule has 2 fully saturated rings. The van der Waals surface area contributed by atoms with Crippen LogP contribution in [0, 0.1) is 12.8 Å². The van der Waals surface area contributed by atoms with Crippen LogP contribution in [0.4, 0.5) is 0 Å². The van der Waals surface area contributed by atoms with Gasteiger partial charge in [0.15, 0.2) is 0 Å². The minimum atomic E-state index is -0.167. The summed E-state index contributed by atoms with van der Waals surface area (Å²) in [4.78, 5) is 12.9. The molecule has 0 spiro atoms. The highest BCUT2D eigenvalue weighted by Gasteiger charge is 2.46. The summed E-state index contributed by atoms with van der Waals surface area (Å²) in [6.45, 7) is 4.07. The van der Waals surface area contributed by atoms with Gasteiger partial charge in [-0.1, -0.05) is 47.5 Å². The fraction of sp³-hybridized carbons (Fsp3) is 0.458. The molecule has 1 aliphatic heterocycles. The van der Waals surface area contributed by atoms with Gasteiger partial charge < -0.3 is 14.8 Å². The zero-order valence-corrected chi connectivity index (χ0v) is 17.8. The van der Waals surface area contributed by atoms with E-state index in [1.807, 2.05) is 30.3 Å². The van der Waals surface area contributed by atoms with E-state index in [9.17, 15) is 4.79 Å². The molecule has 2 aliphatic rings. The summed E-state index contributed by atoms with van der Waals surface area (Å²) in [6, 6.07) is 14.1. The maximum Gasteiger partial charge on any atom is 0.223 e. The van der Waals surface area contributed by atoms with Crippen LogP contribution in [0.15, 0.2) is 42.5 Å². The number of hydrogen-bond donors (Lipinski definition) is 1. The minimum Gasteiger partial charge on any atom is -0.496 e. The van der Waals surface area contributed by atoms with E-state index in [1.165, 1.54) is 11.1 Å². The quantitative estimate of drug-likeness (QED) is 0.751. The van der Waals surface area contributed by atoms with Gasteiger partial charge in [0.25, 0.3) is 0 Å². The number of amides is 1. The first kappa shape index (κ1) is 20.2. The molecule has 4 nitrogen and oxygen atoms in total. The van der Waals surface area contributed by atoms with E-state index in [2.05, 4.69) is 24.4 Å². The monoisotopic (exact) mass is 413 g/mol. The Morgan fingerprint density at radius 1 is 1.24 bits per heavy atom. The van der Waals surface area contributed by atoms with E-state index >= 15 is 0 Å². The maximum atomic E-state index is 12.9. The highest BCUT2D eigenvalue weighted by Crippen LogP contribution is 2.50. The van der Waals surface area contributed by atoms with Crippen molar-refractivity contribution in [3.8, 4) is 5.75 Å². The number of aryl methyl sites for hydroxylation is 1. The van der Waals surface area contributed by atoms with Crippen molar-refractivity contribution in [3.05, 3.63) is 64.2 Å². The van der Waals surface area contributed by atoms with E-state index in [4.69, 9.17) is 21.1 Å². The molecule has 1 saturated heterocycles. The number of halogens is 1. The van der Waals surface area contributed by atoms with Crippen molar-refractivity contribution < 1.29 is 14.3 Å². The first-order valence-electron chi connectivity index (χ1n) is 10.3. The van der Waals surface area contributed by atoms with Crippen LogP contribution in [0.3, 0.4) is 0 Å². The molecule has 2 aromatic rings. The number of carbonyl (C=O) groups is 1. The Hall–Kier alpha value is -2.04. The number of benzene rings is 2. The first-order valence-corrected chi connectivity index (χ1v) is 10.7. The van der Waals surface area contributed by atoms with Crippen LogP contribution < -0.4 is 10.1 Å². The van der Waals surface area contributed by atoms with Crippen molar-refractivity contribution >= 4 is 17.5 Å². The lowest BCUT2D eigenvalue weighted by Crippen LogP contribution is -2.45. The molecule has 0 radical (unpaired) electrons. The van der Waals surface area contributed by atoms with Gasteiger partial charge in [0.05, 0.1) is 7.11 Å². The number of methoxy groups -OCH3 is 1. The smallest absolute Gasteiger partial charge is 0.223 e. The van der Waals surface area contributed by atoms with Gasteiger partial charge in [0, 0.05) is 41.7 Å². The average molecular weight is 414 g/mol. The largest absolute Gasteiger partial charge is 0.496 e. The normalized spacial score (nSPS) is 22.7. The molecule has 1 saturated carbocycles. The number of hydrogen-bond acceptors (Lipinski definition) is 3. The number of carbonyl (C=O) groups excluding carboxylic acids is 1. The molecule has 154 valence electrons. The van der Waals surface area contributed by atoms with Crippen LogP contribution >= 0.6 is 11.6 Å². The molecule has 5 heteroatoms. The third kappa shape index (κ3) is 4.15. The molecule has 1 aliphatic carbocycles. The Morgan fingerprint density at radius 2 is 2.00 bits per heavy atom. The second-order valence-corrected chi connectivity index (χ2v) is 8.69. The molecule has 2 atom stereocenters. The van der Waals surface area contributed by atoms with Crippen molar-refractivity contribution in [2.24, 2.45) is 5.92 Å². The van der Waals surface area contributed by atoms with Gasteiger partial charge in [-0.3, -0.25) is 4.79 Å². The molecule has 1 heterocycles. The topological polar surface area (TPSA) is 47.6 Å². The minimum absolute atomic E-state index is 0.00574. The number of rotatable bonds is 6. The van der Waals surface area contributed by atoms with Crippen molar-refractivity contribution in [1.29, 1.82) is 0 Å². The maximum absolute atomic E-state index is 12.9. The van der Waals surface area contributed by atoms with Crippen LogP contribution in [0.25, 0.3) is 0 Å².